The number of allylic oxidation sites excluding steroid dienone is 1. The van der Waals surface area contributed by atoms with Crippen LogP contribution in [0, 0.1) is 11.3 Å². The fourth-order valence-electron chi connectivity index (χ4n) is 4.35. The summed E-state index contributed by atoms with van der Waals surface area (Å²) in [5.41, 5.74) is 1.02. The first kappa shape index (κ1) is 18.9. The van der Waals surface area contributed by atoms with Gasteiger partial charge < -0.3 is 19.7 Å². The highest BCUT2D eigenvalue weighted by atomic mass is 16.7. The third-order valence-corrected chi connectivity index (χ3v) is 6.46. The summed E-state index contributed by atoms with van der Waals surface area (Å²) in [6.07, 6.45) is 2.91. The molecule has 1 fully saturated rings. The number of aliphatic hydroxyl groups is 2. The quantitative estimate of drug-likeness (QED) is 0.444. The van der Waals surface area contributed by atoms with Gasteiger partial charge in [0.25, 0.3) is 5.79 Å². The number of aliphatic hydroxyl groups excluding tert-OH is 1. The number of esters is 2. The zero-order valence-electron chi connectivity index (χ0n) is 15.8. The second-order valence-electron chi connectivity index (χ2n) is 7.72. The minimum atomic E-state index is -1.87. The number of rotatable bonds is 2. The molecule has 0 aromatic carbocycles. The Kier molecular flexibility index (Phi) is 4.40. The van der Waals surface area contributed by atoms with Crippen molar-refractivity contribution >= 4 is 11.9 Å². The van der Waals surface area contributed by atoms with E-state index in [0.717, 1.165) is 5.57 Å². The molecule has 0 aromatic heterocycles. The molecule has 2 N–H and O–H groups in total. The summed E-state index contributed by atoms with van der Waals surface area (Å²) in [5.74, 6) is -3.07. The van der Waals surface area contributed by atoms with Crippen molar-refractivity contribution in [2.45, 2.75) is 65.5 Å². The molecular formula is C20H26O6. The van der Waals surface area contributed by atoms with Gasteiger partial charge in [0.05, 0.1) is 6.10 Å². The predicted octanol–water partition coefficient (Wildman–Crippen LogP) is 2.16. The van der Waals surface area contributed by atoms with Crippen molar-refractivity contribution in [2.24, 2.45) is 11.3 Å². The van der Waals surface area contributed by atoms with Gasteiger partial charge in [0.1, 0.15) is 6.10 Å². The van der Waals surface area contributed by atoms with Crippen molar-refractivity contribution in [2.75, 3.05) is 0 Å². The molecule has 3 rings (SSSR count). The lowest BCUT2D eigenvalue weighted by Gasteiger charge is -2.52. The smallest absolute Gasteiger partial charge is 0.337 e. The topological polar surface area (TPSA) is 93.1 Å². The first-order valence-electron chi connectivity index (χ1n) is 8.97. The Morgan fingerprint density at radius 3 is 2.73 bits per heavy atom. The average molecular weight is 362 g/mol. The monoisotopic (exact) mass is 362 g/mol. The van der Waals surface area contributed by atoms with Crippen molar-refractivity contribution < 1.29 is 29.3 Å². The van der Waals surface area contributed by atoms with Gasteiger partial charge in [-0.15, -0.1) is 0 Å². The van der Waals surface area contributed by atoms with Gasteiger partial charge in [-0.1, -0.05) is 25.5 Å². The maximum absolute atomic E-state index is 12.2. The van der Waals surface area contributed by atoms with Crippen LogP contribution in [-0.2, 0) is 19.1 Å². The molecular weight excluding hydrogens is 336 g/mol. The van der Waals surface area contributed by atoms with Crippen LogP contribution in [0.3, 0.4) is 0 Å². The largest absolute Gasteiger partial charge is 0.459 e. The highest BCUT2D eigenvalue weighted by Crippen LogP contribution is 2.56. The predicted molar refractivity (Wildman–Crippen MR) is 93.6 cm³/mol. The van der Waals surface area contributed by atoms with Crippen molar-refractivity contribution in [1.82, 2.24) is 0 Å². The number of hydrogen-bond donors (Lipinski definition) is 2. The first-order valence-corrected chi connectivity index (χ1v) is 8.97. The van der Waals surface area contributed by atoms with Gasteiger partial charge in [-0.2, -0.15) is 0 Å². The van der Waals surface area contributed by atoms with Crippen LogP contribution >= 0.6 is 0 Å². The molecule has 5 unspecified atom stereocenters. The van der Waals surface area contributed by atoms with Gasteiger partial charge >= 0.3 is 11.9 Å². The Bertz CT molecular complexity index is 760. The molecule has 3 aliphatic rings. The fraction of sp³-hybridized carbons (Fsp3) is 0.600. The third kappa shape index (κ3) is 2.47. The number of hydrogen-bond acceptors (Lipinski definition) is 6. The fourth-order valence-corrected chi connectivity index (χ4v) is 4.35. The van der Waals surface area contributed by atoms with Gasteiger partial charge in [-0.05, 0) is 39.7 Å². The Morgan fingerprint density at radius 1 is 1.46 bits per heavy atom. The maximum atomic E-state index is 12.2. The number of carbonyl (C=O) groups is 2. The van der Waals surface area contributed by atoms with Crippen LogP contribution < -0.4 is 0 Å². The Morgan fingerprint density at radius 2 is 2.12 bits per heavy atom. The molecule has 1 saturated carbocycles. The molecule has 0 amide bonds. The van der Waals surface area contributed by atoms with E-state index >= 15 is 0 Å². The third-order valence-electron chi connectivity index (χ3n) is 6.46. The summed E-state index contributed by atoms with van der Waals surface area (Å²) in [7, 11) is 0. The molecule has 0 bridgehead atoms. The van der Waals surface area contributed by atoms with Gasteiger partial charge in [-0.3, -0.25) is 0 Å². The minimum absolute atomic E-state index is 0.192. The Labute approximate surface area is 153 Å². The number of fused-ring (bicyclic) bond motifs is 2. The van der Waals surface area contributed by atoms with Crippen LogP contribution in [0.1, 0.15) is 47.5 Å². The van der Waals surface area contributed by atoms with E-state index in [0.29, 0.717) is 18.4 Å². The van der Waals surface area contributed by atoms with Crippen molar-refractivity contribution in [1.29, 1.82) is 0 Å². The zero-order chi connectivity index (χ0) is 19.4. The van der Waals surface area contributed by atoms with Crippen molar-refractivity contribution in [3.05, 3.63) is 34.4 Å². The van der Waals surface area contributed by atoms with E-state index in [1.807, 2.05) is 13.8 Å². The van der Waals surface area contributed by atoms with Crippen LogP contribution in [0.5, 0.6) is 0 Å². The molecule has 6 heteroatoms. The first-order chi connectivity index (χ1) is 12.1. The van der Waals surface area contributed by atoms with Crippen molar-refractivity contribution in [3.63, 3.8) is 0 Å². The molecule has 142 valence electrons. The van der Waals surface area contributed by atoms with Crippen LogP contribution in [0.2, 0.25) is 0 Å². The van der Waals surface area contributed by atoms with Crippen LogP contribution in [-0.4, -0.2) is 40.1 Å². The summed E-state index contributed by atoms with van der Waals surface area (Å²) >= 11 is 0. The second kappa shape index (κ2) is 6.06. The molecule has 26 heavy (non-hydrogen) atoms. The normalized spacial score (nSPS) is 39.8. The van der Waals surface area contributed by atoms with Gasteiger partial charge in [0, 0.05) is 28.1 Å². The highest BCUT2D eigenvalue weighted by Gasteiger charge is 2.60. The molecule has 5 atom stereocenters. The van der Waals surface area contributed by atoms with Gasteiger partial charge in [0.2, 0.25) is 0 Å². The van der Waals surface area contributed by atoms with E-state index in [4.69, 9.17) is 9.47 Å². The lowest BCUT2D eigenvalue weighted by molar-refractivity contribution is -0.177. The maximum Gasteiger partial charge on any atom is 0.337 e. The van der Waals surface area contributed by atoms with Crippen LogP contribution in [0.4, 0.5) is 0 Å². The molecule has 6 nitrogen and oxygen atoms in total. The van der Waals surface area contributed by atoms with Gasteiger partial charge in [-0.25, -0.2) is 9.59 Å². The molecule has 2 aliphatic carbocycles. The second-order valence-corrected chi connectivity index (χ2v) is 7.72. The highest BCUT2D eigenvalue weighted by molar-refractivity contribution is 5.93. The molecule has 0 aromatic rings. The Hall–Kier alpha value is -1.92. The number of ether oxygens (including phenoxy) is 2. The zero-order valence-corrected chi connectivity index (χ0v) is 15.8. The summed E-state index contributed by atoms with van der Waals surface area (Å²) in [6.45, 7) is 8.84. The van der Waals surface area contributed by atoms with E-state index in [-0.39, 0.29) is 29.1 Å². The van der Waals surface area contributed by atoms with E-state index in [1.54, 1.807) is 32.9 Å². The number of carbonyl (C=O) groups excluding carboxylic acids is 2. The lowest BCUT2D eigenvalue weighted by Crippen LogP contribution is -2.55. The van der Waals surface area contributed by atoms with E-state index in [1.165, 1.54) is 0 Å². The van der Waals surface area contributed by atoms with Crippen LogP contribution in [0.15, 0.2) is 34.4 Å². The summed E-state index contributed by atoms with van der Waals surface area (Å²) in [5, 5.41) is 21.9. The van der Waals surface area contributed by atoms with Gasteiger partial charge in [0.15, 0.2) is 0 Å². The molecule has 0 radical (unpaired) electrons. The molecule has 0 saturated heterocycles. The summed E-state index contributed by atoms with van der Waals surface area (Å²) in [6, 6.07) is 0. The standard InChI is InChI=1S/C20H26O6/c1-6-10(2)17(22)25-14-8-7-13-9-20(24)15(11(3)18(23)26-20)16(21)19(13,5)12(14)4/h6,9,12,14,16,21,24H,7-8H2,1-5H3. The summed E-state index contributed by atoms with van der Waals surface area (Å²) < 4.78 is 10.8. The molecule has 0 spiro atoms. The Balaban J connectivity index is 1.99. The molecule has 1 aliphatic heterocycles. The van der Waals surface area contributed by atoms with E-state index in [9.17, 15) is 19.8 Å². The summed E-state index contributed by atoms with van der Waals surface area (Å²) in [4.78, 5) is 24.1. The molecule has 1 heterocycles. The van der Waals surface area contributed by atoms with Crippen LogP contribution in [0.25, 0.3) is 0 Å². The SMILES string of the molecule is CC=C(C)C(=O)OC1CCC2=CC3(O)OC(=O)C(C)=C3C(O)C2(C)C1C. The average Bonchev–Trinajstić information content (AvgIpc) is 2.81. The lowest BCUT2D eigenvalue weighted by atomic mass is 9.56. The van der Waals surface area contributed by atoms with Crippen molar-refractivity contribution in [3.8, 4) is 0 Å². The van der Waals surface area contributed by atoms with E-state index in [2.05, 4.69) is 0 Å². The minimum Gasteiger partial charge on any atom is -0.459 e. The van der Waals surface area contributed by atoms with E-state index < -0.39 is 23.3 Å².